The normalized spacial score (nSPS) is 10.7. The average molecular weight is 264 g/mol. The molecule has 1 rings (SSSR count). The van der Waals surface area contributed by atoms with Crippen LogP contribution in [0, 0.1) is 11.3 Å². The summed E-state index contributed by atoms with van der Waals surface area (Å²) in [6.07, 6.45) is 4.43. The summed E-state index contributed by atoms with van der Waals surface area (Å²) in [5.41, 5.74) is 1.10. The fourth-order valence-corrected chi connectivity index (χ4v) is 2.53. The summed E-state index contributed by atoms with van der Waals surface area (Å²) in [4.78, 5) is 0. The first-order valence-corrected chi connectivity index (χ1v) is 7.42. The van der Waals surface area contributed by atoms with E-state index in [0.29, 0.717) is 17.8 Å². The number of anilines is 1. The molecule has 0 amide bonds. The van der Waals surface area contributed by atoms with Gasteiger partial charge in [-0.15, -0.1) is 6.58 Å². The highest BCUT2D eigenvalue weighted by atomic mass is 32.2. The molecule has 18 heavy (non-hydrogen) atoms. The lowest BCUT2D eigenvalue weighted by atomic mass is 10.2. The zero-order chi connectivity index (χ0) is 13.6. The van der Waals surface area contributed by atoms with E-state index in [0.717, 1.165) is 12.8 Å². The van der Waals surface area contributed by atoms with E-state index >= 15 is 0 Å². The lowest BCUT2D eigenvalue weighted by Gasteiger charge is -2.22. The van der Waals surface area contributed by atoms with Crippen LogP contribution < -0.4 is 4.31 Å². The monoisotopic (exact) mass is 264 g/mol. The summed E-state index contributed by atoms with van der Waals surface area (Å²) >= 11 is 0. The third kappa shape index (κ3) is 3.90. The van der Waals surface area contributed by atoms with E-state index in [2.05, 4.69) is 6.58 Å². The largest absolute Gasteiger partial charge is 0.270 e. The number of nitriles is 1. The Kier molecular flexibility index (Phi) is 4.93. The van der Waals surface area contributed by atoms with Gasteiger partial charge in [0.05, 0.1) is 23.6 Å². The van der Waals surface area contributed by atoms with Crippen molar-refractivity contribution in [3.05, 3.63) is 42.5 Å². The van der Waals surface area contributed by atoms with E-state index in [1.807, 2.05) is 6.07 Å². The van der Waals surface area contributed by atoms with Crippen LogP contribution in [-0.4, -0.2) is 21.2 Å². The lowest BCUT2D eigenvalue weighted by Crippen LogP contribution is -2.30. The van der Waals surface area contributed by atoms with Gasteiger partial charge in [0.1, 0.15) is 0 Å². The molecule has 4 nitrogen and oxygen atoms in total. The van der Waals surface area contributed by atoms with Gasteiger partial charge in [-0.2, -0.15) is 5.26 Å². The van der Waals surface area contributed by atoms with Gasteiger partial charge in [-0.25, -0.2) is 8.42 Å². The SMILES string of the molecule is C=CCCCN(c1ccc(C#N)cc1)S(C)(=O)=O. The van der Waals surface area contributed by atoms with Gasteiger partial charge < -0.3 is 0 Å². The average Bonchev–Trinajstić information content (AvgIpc) is 2.33. The standard InChI is InChI=1S/C13H16N2O2S/c1-3-4-5-10-15(18(2,16)17)13-8-6-12(11-14)7-9-13/h3,6-9H,1,4-5,10H2,2H3. The Labute approximate surface area is 108 Å². The van der Waals surface area contributed by atoms with Crippen LogP contribution in [-0.2, 0) is 10.0 Å². The fourth-order valence-electron chi connectivity index (χ4n) is 1.57. The van der Waals surface area contributed by atoms with Crippen molar-refractivity contribution >= 4 is 15.7 Å². The van der Waals surface area contributed by atoms with E-state index in [4.69, 9.17) is 5.26 Å². The van der Waals surface area contributed by atoms with Gasteiger partial charge in [-0.05, 0) is 37.1 Å². The molecule has 0 fully saturated rings. The number of nitrogens with zero attached hydrogens (tertiary/aromatic N) is 2. The quantitative estimate of drug-likeness (QED) is 0.585. The van der Waals surface area contributed by atoms with E-state index in [9.17, 15) is 8.42 Å². The third-order valence-corrected chi connectivity index (χ3v) is 3.65. The van der Waals surface area contributed by atoms with Crippen LogP contribution in [0.5, 0.6) is 0 Å². The fraction of sp³-hybridized carbons (Fsp3) is 0.308. The first-order chi connectivity index (χ1) is 8.49. The Bertz CT molecular complexity index is 541. The van der Waals surface area contributed by atoms with Crippen molar-refractivity contribution in [2.75, 3.05) is 17.1 Å². The minimum atomic E-state index is -3.30. The smallest absolute Gasteiger partial charge is 0.232 e. The molecule has 0 aromatic heterocycles. The number of sulfonamides is 1. The minimum absolute atomic E-state index is 0.413. The van der Waals surface area contributed by atoms with Crippen LogP contribution in [0.15, 0.2) is 36.9 Å². The molecule has 0 heterocycles. The molecule has 0 saturated carbocycles. The zero-order valence-electron chi connectivity index (χ0n) is 10.3. The molecule has 0 aliphatic rings. The molecule has 0 aliphatic heterocycles. The molecule has 0 spiro atoms. The molecule has 5 heteroatoms. The number of benzene rings is 1. The second kappa shape index (κ2) is 6.22. The molecule has 1 aromatic carbocycles. The molecule has 0 saturated heterocycles. The molecule has 96 valence electrons. The van der Waals surface area contributed by atoms with Crippen LogP contribution in [0.4, 0.5) is 5.69 Å². The summed E-state index contributed by atoms with van der Waals surface area (Å²) in [7, 11) is -3.30. The van der Waals surface area contributed by atoms with Gasteiger partial charge in [-0.1, -0.05) is 6.08 Å². The Hall–Kier alpha value is -1.80. The number of hydrogen-bond donors (Lipinski definition) is 0. The van der Waals surface area contributed by atoms with E-state index in [-0.39, 0.29) is 0 Å². The van der Waals surface area contributed by atoms with Crippen molar-refractivity contribution < 1.29 is 8.42 Å². The molecular weight excluding hydrogens is 248 g/mol. The number of hydrogen-bond acceptors (Lipinski definition) is 3. The molecule has 0 atom stereocenters. The molecule has 0 unspecified atom stereocenters. The second-order valence-electron chi connectivity index (χ2n) is 3.92. The maximum atomic E-state index is 11.7. The van der Waals surface area contributed by atoms with Crippen LogP contribution in [0.25, 0.3) is 0 Å². The van der Waals surface area contributed by atoms with Crippen LogP contribution >= 0.6 is 0 Å². The maximum absolute atomic E-state index is 11.7. The summed E-state index contributed by atoms with van der Waals surface area (Å²) in [5.74, 6) is 0. The highest BCUT2D eigenvalue weighted by Crippen LogP contribution is 2.18. The van der Waals surface area contributed by atoms with Crippen LogP contribution in [0.2, 0.25) is 0 Å². The number of rotatable bonds is 6. The summed E-state index contributed by atoms with van der Waals surface area (Å²) in [6.45, 7) is 4.02. The molecule has 0 bridgehead atoms. The van der Waals surface area contributed by atoms with Gasteiger partial charge in [0.15, 0.2) is 0 Å². The van der Waals surface area contributed by atoms with Crippen molar-refractivity contribution in [3.8, 4) is 6.07 Å². The highest BCUT2D eigenvalue weighted by Gasteiger charge is 2.16. The van der Waals surface area contributed by atoms with E-state index in [1.54, 1.807) is 30.3 Å². The first kappa shape index (κ1) is 14.3. The number of allylic oxidation sites excluding steroid dienone is 1. The van der Waals surface area contributed by atoms with Crippen LogP contribution in [0.3, 0.4) is 0 Å². The van der Waals surface area contributed by atoms with Crippen molar-refractivity contribution in [2.45, 2.75) is 12.8 Å². The minimum Gasteiger partial charge on any atom is -0.270 e. The highest BCUT2D eigenvalue weighted by molar-refractivity contribution is 7.92. The van der Waals surface area contributed by atoms with Crippen molar-refractivity contribution in [2.24, 2.45) is 0 Å². The van der Waals surface area contributed by atoms with Gasteiger partial charge in [-0.3, -0.25) is 4.31 Å². The van der Waals surface area contributed by atoms with E-state index < -0.39 is 10.0 Å². The predicted molar refractivity (Wildman–Crippen MR) is 72.8 cm³/mol. The van der Waals surface area contributed by atoms with Gasteiger partial charge in [0.2, 0.25) is 10.0 Å². The zero-order valence-corrected chi connectivity index (χ0v) is 11.2. The topological polar surface area (TPSA) is 61.2 Å². The Morgan fingerprint density at radius 2 is 2.00 bits per heavy atom. The number of unbranched alkanes of at least 4 members (excludes halogenated alkanes) is 1. The summed E-state index contributed by atoms with van der Waals surface area (Å²) in [5, 5.41) is 8.71. The second-order valence-corrected chi connectivity index (χ2v) is 5.83. The Morgan fingerprint density at radius 1 is 1.39 bits per heavy atom. The molecule has 0 radical (unpaired) electrons. The Morgan fingerprint density at radius 3 is 2.44 bits per heavy atom. The van der Waals surface area contributed by atoms with Crippen LogP contribution in [0.1, 0.15) is 18.4 Å². The first-order valence-electron chi connectivity index (χ1n) is 5.58. The van der Waals surface area contributed by atoms with E-state index in [1.165, 1.54) is 10.6 Å². The summed E-state index contributed by atoms with van der Waals surface area (Å²) < 4.78 is 24.8. The molecular formula is C13H16N2O2S. The van der Waals surface area contributed by atoms with Gasteiger partial charge >= 0.3 is 0 Å². The molecule has 1 aromatic rings. The van der Waals surface area contributed by atoms with Gasteiger partial charge in [0.25, 0.3) is 0 Å². The van der Waals surface area contributed by atoms with Crippen molar-refractivity contribution in [3.63, 3.8) is 0 Å². The maximum Gasteiger partial charge on any atom is 0.232 e. The lowest BCUT2D eigenvalue weighted by molar-refractivity contribution is 0.595. The van der Waals surface area contributed by atoms with Crippen molar-refractivity contribution in [1.29, 1.82) is 5.26 Å². The molecule has 0 N–H and O–H groups in total. The summed E-state index contributed by atoms with van der Waals surface area (Å²) in [6, 6.07) is 8.52. The third-order valence-electron chi connectivity index (χ3n) is 2.45. The van der Waals surface area contributed by atoms with Gasteiger partial charge in [0, 0.05) is 6.54 Å². The van der Waals surface area contributed by atoms with Crippen molar-refractivity contribution in [1.82, 2.24) is 0 Å². The Balaban J connectivity index is 2.95. The predicted octanol–water partition coefficient (Wildman–Crippen LogP) is 2.29. The molecule has 0 aliphatic carbocycles.